The Bertz CT molecular complexity index is 1010. The van der Waals surface area contributed by atoms with Crippen LogP contribution in [0.15, 0.2) is 72.8 Å². The van der Waals surface area contributed by atoms with Crippen molar-refractivity contribution in [2.75, 3.05) is 6.54 Å². The van der Waals surface area contributed by atoms with Crippen molar-refractivity contribution in [2.24, 2.45) is 5.73 Å². The molecule has 2 amide bonds. The van der Waals surface area contributed by atoms with E-state index in [4.69, 9.17) is 10.5 Å². The van der Waals surface area contributed by atoms with E-state index in [2.05, 4.69) is 28.8 Å². The molecular weight excluding hydrogens is 426 g/mol. The number of nitrogens with two attached hydrogens (primary N) is 1. The van der Waals surface area contributed by atoms with Crippen molar-refractivity contribution in [3.63, 3.8) is 0 Å². The topological polar surface area (TPSA) is 93.5 Å². The minimum absolute atomic E-state index is 0. The maximum Gasteiger partial charge on any atom is 0.407 e. The molecule has 0 radical (unpaired) electrons. The minimum atomic E-state index is -0.639. The van der Waals surface area contributed by atoms with Gasteiger partial charge in [-0.1, -0.05) is 72.8 Å². The second kappa shape index (κ2) is 12.7. The van der Waals surface area contributed by atoms with Crippen molar-refractivity contribution >= 4 is 35.2 Å². The summed E-state index contributed by atoms with van der Waals surface area (Å²) in [5, 5.41) is 7.94. The van der Waals surface area contributed by atoms with Gasteiger partial charge in [-0.3, -0.25) is 4.79 Å². The fraction of sp³-hybridized carbons (Fsp3) is 0.280. The van der Waals surface area contributed by atoms with Crippen LogP contribution in [0.25, 0.3) is 10.8 Å². The van der Waals surface area contributed by atoms with E-state index in [1.54, 1.807) is 0 Å². The summed E-state index contributed by atoms with van der Waals surface area (Å²) in [4.78, 5) is 24.3. The van der Waals surface area contributed by atoms with Gasteiger partial charge in [-0.2, -0.15) is 0 Å². The van der Waals surface area contributed by atoms with Crippen LogP contribution in [0.2, 0.25) is 0 Å². The van der Waals surface area contributed by atoms with Gasteiger partial charge in [0.05, 0.1) is 12.1 Å². The number of benzene rings is 3. The lowest BCUT2D eigenvalue weighted by Crippen LogP contribution is -2.42. The highest BCUT2D eigenvalue weighted by Crippen LogP contribution is 2.24. The Kier molecular flexibility index (Phi) is 9.98. The normalized spacial score (nSPS) is 12.3. The average Bonchev–Trinajstić information content (AvgIpc) is 2.80. The highest BCUT2D eigenvalue weighted by molar-refractivity contribution is 5.87. The quantitative estimate of drug-likeness (QED) is 0.415. The molecule has 0 heterocycles. The van der Waals surface area contributed by atoms with Gasteiger partial charge in [-0.25, -0.2) is 4.79 Å². The van der Waals surface area contributed by atoms with E-state index in [1.807, 2.05) is 61.5 Å². The summed E-state index contributed by atoms with van der Waals surface area (Å²) in [5.74, 6) is -0.202. The van der Waals surface area contributed by atoms with Crippen LogP contribution in [-0.4, -0.2) is 24.6 Å². The van der Waals surface area contributed by atoms with E-state index in [0.717, 1.165) is 21.9 Å². The maximum absolute atomic E-state index is 12.5. The molecule has 3 aromatic carbocycles. The Balaban J connectivity index is 0.00000363. The molecule has 32 heavy (non-hydrogen) atoms. The summed E-state index contributed by atoms with van der Waals surface area (Å²) < 4.78 is 5.16. The van der Waals surface area contributed by atoms with E-state index < -0.39 is 12.1 Å². The molecule has 0 saturated carbocycles. The molecule has 0 aromatic heterocycles. The fourth-order valence-corrected chi connectivity index (χ4v) is 3.44. The number of fused-ring (bicyclic) bond motifs is 1. The van der Waals surface area contributed by atoms with Crippen LogP contribution in [0.4, 0.5) is 4.79 Å². The molecule has 0 bridgehead atoms. The van der Waals surface area contributed by atoms with Gasteiger partial charge in [0.2, 0.25) is 5.91 Å². The molecular formula is C25H30ClN3O3. The van der Waals surface area contributed by atoms with Crippen LogP contribution in [0.1, 0.15) is 36.9 Å². The first kappa shape index (κ1) is 25.2. The number of amides is 2. The van der Waals surface area contributed by atoms with Gasteiger partial charge >= 0.3 is 6.09 Å². The molecule has 6 nitrogen and oxygen atoms in total. The standard InChI is InChI=1S/C25H29N3O3.ClH/c1-18(21-14-7-12-20-11-5-6-13-22(20)21)28-24(29)23(26)15-8-16-27-25(30)31-17-19-9-3-2-4-10-19;/h2-7,9-14,18,23H,8,15-17,26H2,1H3,(H,27,30)(H,28,29);1H/t18-,23-;/m1./s1. The summed E-state index contributed by atoms with van der Waals surface area (Å²) in [6, 6.07) is 22.8. The molecule has 2 atom stereocenters. The Morgan fingerprint density at radius 2 is 1.66 bits per heavy atom. The second-order valence-corrected chi connectivity index (χ2v) is 7.54. The van der Waals surface area contributed by atoms with E-state index in [1.165, 1.54) is 0 Å². The molecule has 0 aliphatic heterocycles. The lowest BCUT2D eigenvalue weighted by atomic mass is 9.99. The Morgan fingerprint density at radius 3 is 2.44 bits per heavy atom. The predicted octanol–water partition coefficient (Wildman–Crippen LogP) is 4.47. The first-order chi connectivity index (χ1) is 15.0. The Hall–Kier alpha value is -3.09. The van der Waals surface area contributed by atoms with Crippen molar-refractivity contribution in [3.8, 4) is 0 Å². The summed E-state index contributed by atoms with van der Waals surface area (Å²) in [7, 11) is 0. The molecule has 0 spiro atoms. The van der Waals surface area contributed by atoms with Crippen molar-refractivity contribution in [2.45, 2.75) is 38.5 Å². The summed E-state index contributed by atoms with van der Waals surface area (Å²) in [5.41, 5.74) is 8.04. The van der Waals surface area contributed by atoms with Gasteiger partial charge in [0.25, 0.3) is 0 Å². The third kappa shape index (κ3) is 7.25. The van der Waals surface area contributed by atoms with Crippen molar-refractivity contribution in [3.05, 3.63) is 83.9 Å². The van der Waals surface area contributed by atoms with E-state index in [-0.39, 0.29) is 31.0 Å². The largest absolute Gasteiger partial charge is 0.445 e. The monoisotopic (exact) mass is 455 g/mol. The average molecular weight is 456 g/mol. The number of ether oxygens (including phenoxy) is 1. The lowest BCUT2D eigenvalue weighted by Gasteiger charge is -2.19. The maximum atomic E-state index is 12.5. The Morgan fingerprint density at radius 1 is 0.969 bits per heavy atom. The van der Waals surface area contributed by atoms with Crippen molar-refractivity contribution < 1.29 is 14.3 Å². The van der Waals surface area contributed by atoms with Gasteiger partial charge in [0.1, 0.15) is 6.61 Å². The Labute approximate surface area is 194 Å². The first-order valence-electron chi connectivity index (χ1n) is 10.5. The van der Waals surface area contributed by atoms with E-state index in [9.17, 15) is 9.59 Å². The van der Waals surface area contributed by atoms with Gasteiger partial charge in [-0.05, 0) is 41.7 Å². The highest BCUT2D eigenvalue weighted by Gasteiger charge is 2.17. The number of hydrogen-bond donors (Lipinski definition) is 3. The summed E-state index contributed by atoms with van der Waals surface area (Å²) in [6.07, 6.45) is 0.566. The third-order valence-electron chi connectivity index (χ3n) is 5.16. The number of hydrogen-bond acceptors (Lipinski definition) is 4. The molecule has 0 saturated heterocycles. The molecule has 3 aromatic rings. The van der Waals surface area contributed by atoms with E-state index in [0.29, 0.717) is 19.4 Å². The number of halogens is 1. The number of carbonyl (C=O) groups is 2. The smallest absolute Gasteiger partial charge is 0.407 e. The highest BCUT2D eigenvalue weighted by atomic mass is 35.5. The molecule has 7 heteroatoms. The first-order valence-corrected chi connectivity index (χ1v) is 10.5. The molecule has 0 unspecified atom stereocenters. The predicted molar refractivity (Wildman–Crippen MR) is 130 cm³/mol. The number of rotatable bonds is 9. The molecule has 0 aliphatic rings. The molecule has 0 aliphatic carbocycles. The van der Waals surface area contributed by atoms with Gasteiger partial charge in [0, 0.05) is 6.54 Å². The zero-order valence-electron chi connectivity index (χ0n) is 18.1. The van der Waals surface area contributed by atoms with E-state index >= 15 is 0 Å². The summed E-state index contributed by atoms with van der Waals surface area (Å²) >= 11 is 0. The van der Waals surface area contributed by atoms with Crippen LogP contribution in [0, 0.1) is 0 Å². The van der Waals surface area contributed by atoms with Crippen LogP contribution in [-0.2, 0) is 16.1 Å². The number of nitrogens with one attached hydrogen (secondary N) is 2. The molecule has 4 N–H and O–H groups in total. The van der Waals surface area contributed by atoms with Crippen LogP contribution in [0.3, 0.4) is 0 Å². The fourth-order valence-electron chi connectivity index (χ4n) is 3.44. The third-order valence-corrected chi connectivity index (χ3v) is 5.16. The van der Waals surface area contributed by atoms with Crippen molar-refractivity contribution in [1.29, 1.82) is 0 Å². The lowest BCUT2D eigenvalue weighted by molar-refractivity contribution is -0.123. The number of alkyl carbamates (subject to hydrolysis) is 1. The molecule has 0 fully saturated rings. The van der Waals surface area contributed by atoms with Crippen LogP contribution < -0.4 is 16.4 Å². The van der Waals surface area contributed by atoms with Gasteiger partial charge < -0.3 is 21.1 Å². The summed E-state index contributed by atoms with van der Waals surface area (Å²) in [6.45, 7) is 2.57. The molecule has 170 valence electrons. The van der Waals surface area contributed by atoms with Crippen LogP contribution >= 0.6 is 12.4 Å². The zero-order chi connectivity index (χ0) is 22.1. The van der Waals surface area contributed by atoms with Crippen LogP contribution in [0.5, 0.6) is 0 Å². The minimum Gasteiger partial charge on any atom is -0.445 e. The van der Waals surface area contributed by atoms with Gasteiger partial charge in [-0.15, -0.1) is 12.4 Å². The van der Waals surface area contributed by atoms with Crippen molar-refractivity contribution in [1.82, 2.24) is 10.6 Å². The molecule has 3 rings (SSSR count). The second-order valence-electron chi connectivity index (χ2n) is 7.54. The SMILES string of the molecule is C[C@@H](NC(=O)[C@H](N)CCCNC(=O)OCc1ccccc1)c1cccc2ccccc12.Cl. The number of carbonyl (C=O) groups excluding carboxylic acids is 2. The van der Waals surface area contributed by atoms with Gasteiger partial charge in [0.15, 0.2) is 0 Å². The zero-order valence-corrected chi connectivity index (χ0v) is 18.9.